The Morgan fingerprint density at radius 1 is 1.21 bits per heavy atom. The second kappa shape index (κ2) is 9.68. The molecule has 0 aliphatic carbocycles. The summed E-state index contributed by atoms with van der Waals surface area (Å²) in [6, 6.07) is 4.78. The zero-order chi connectivity index (χ0) is 19.4. The van der Waals surface area contributed by atoms with E-state index in [1.807, 2.05) is 0 Å². The van der Waals surface area contributed by atoms with E-state index in [2.05, 4.69) is 10.6 Å². The van der Waals surface area contributed by atoms with Crippen molar-refractivity contribution in [3.05, 3.63) is 47.7 Å². The van der Waals surface area contributed by atoms with Crippen LogP contribution in [0.15, 0.2) is 34.9 Å². The van der Waals surface area contributed by atoms with Crippen LogP contribution in [-0.2, 0) is 9.53 Å². The lowest BCUT2D eigenvalue weighted by Crippen LogP contribution is -2.44. The fraction of sp³-hybridized carbons (Fsp3) is 0.368. The minimum Gasteiger partial charge on any atom is -0.469 e. The zero-order valence-corrected chi connectivity index (χ0v) is 16.2. The smallest absolute Gasteiger partial charge is 0.259 e. The van der Waals surface area contributed by atoms with Crippen molar-refractivity contribution < 1.29 is 23.1 Å². The lowest BCUT2D eigenvalue weighted by Gasteiger charge is -2.26. The van der Waals surface area contributed by atoms with Gasteiger partial charge in [-0.2, -0.15) is 0 Å². The molecule has 1 unspecified atom stereocenters. The fourth-order valence-corrected chi connectivity index (χ4v) is 3.02. The summed E-state index contributed by atoms with van der Waals surface area (Å²) in [7, 11) is 0. The number of furan rings is 1. The molecule has 1 aliphatic heterocycles. The number of carbonyl (C=O) groups excluding carboxylic acids is 2. The number of anilines is 2. The Labute approximate surface area is 168 Å². The highest BCUT2D eigenvalue weighted by Gasteiger charge is 2.26. The second-order valence-corrected chi connectivity index (χ2v) is 6.50. The summed E-state index contributed by atoms with van der Waals surface area (Å²) in [6.45, 7) is 2.82. The lowest BCUT2D eigenvalue weighted by molar-refractivity contribution is -0.119. The number of rotatable bonds is 5. The molecular formula is C19H23ClFN3O4. The van der Waals surface area contributed by atoms with E-state index >= 15 is 0 Å². The van der Waals surface area contributed by atoms with E-state index in [0.717, 1.165) is 12.8 Å². The zero-order valence-electron chi connectivity index (χ0n) is 15.4. The predicted octanol–water partition coefficient (Wildman–Crippen LogP) is 3.09. The van der Waals surface area contributed by atoms with Gasteiger partial charge in [-0.15, -0.1) is 12.4 Å². The predicted molar refractivity (Wildman–Crippen MR) is 105 cm³/mol. The molecule has 1 aromatic heterocycles. The molecule has 7 nitrogen and oxygen atoms in total. The van der Waals surface area contributed by atoms with E-state index in [1.54, 1.807) is 6.92 Å². The van der Waals surface area contributed by atoms with Crippen molar-refractivity contribution in [1.29, 1.82) is 0 Å². The molecule has 1 aromatic carbocycles. The number of hydrogen-bond acceptors (Lipinski definition) is 5. The van der Waals surface area contributed by atoms with E-state index in [4.69, 9.17) is 14.9 Å². The molecule has 3 rings (SSSR count). The number of halogens is 2. The maximum absolute atomic E-state index is 14.1. The van der Waals surface area contributed by atoms with Crippen molar-refractivity contribution >= 4 is 35.6 Å². The standard InChI is InChI=1S/C19H22FN3O4.ClH/c1-11-14(6-9-27-11)18(24)23-16-10-13(2-3-15(16)20)22-19(25)17(21)12-4-7-26-8-5-12;/h2-3,6,9-10,12,17H,4-5,7-8,21H2,1H3,(H,22,25)(H,23,24);1H. The molecule has 0 saturated carbocycles. The Morgan fingerprint density at radius 2 is 1.93 bits per heavy atom. The van der Waals surface area contributed by atoms with E-state index in [0.29, 0.717) is 30.2 Å². The number of nitrogens with one attached hydrogen (secondary N) is 2. The Bertz CT molecular complexity index is 836. The molecule has 9 heteroatoms. The van der Waals surface area contributed by atoms with Crippen LogP contribution in [-0.4, -0.2) is 31.1 Å². The van der Waals surface area contributed by atoms with Crippen LogP contribution in [0.5, 0.6) is 0 Å². The van der Waals surface area contributed by atoms with Gasteiger partial charge in [-0.25, -0.2) is 4.39 Å². The maximum Gasteiger partial charge on any atom is 0.259 e. The van der Waals surface area contributed by atoms with Crippen LogP contribution in [0.4, 0.5) is 15.8 Å². The first-order valence-electron chi connectivity index (χ1n) is 8.75. The Hall–Kier alpha value is -2.42. The minimum absolute atomic E-state index is 0. The van der Waals surface area contributed by atoms with E-state index in [9.17, 15) is 14.0 Å². The quantitative estimate of drug-likeness (QED) is 0.700. The van der Waals surface area contributed by atoms with E-state index < -0.39 is 17.8 Å². The van der Waals surface area contributed by atoms with Crippen LogP contribution < -0.4 is 16.4 Å². The average Bonchev–Trinajstić information content (AvgIpc) is 3.10. The third kappa shape index (κ3) is 5.09. The van der Waals surface area contributed by atoms with E-state index in [-0.39, 0.29) is 29.9 Å². The molecule has 2 heterocycles. The number of nitrogens with two attached hydrogens (primary N) is 1. The van der Waals surface area contributed by atoms with Gasteiger partial charge in [0.05, 0.1) is 23.6 Å². The van der Waals surface area contributed by atoms with Gasteiger partial charge in [-0.3, -0.25) is 9.59 Å². The molecule has 0 spiro atoms. The summed E-state index contributed by atoms with van der Waals surface area (Å²) in [4.78, 5) is 24.6. The summed E-state index contributed by atoms with van der Waals surface area (Å²) in [6.07, 6.45) is 2.83. The number of ether oxygens (including phenoxy) is 1. The average molecular weight is 412 g/mol. The summed E-state index contributed by atoms with van der Waals surface area (Å²) in [5.41, 5.74) is 6.66. The summed E-state index contributed by atoms with van der Waals surface area (Å²) >= 11 is 0. The third-order valence-electron chi connectivity index (χ3n) is 4.66. The first kappa shape index (κ1) is 21.9. The first-order valence-corrected chi connectivity index (χ1v) is 8.75. The topological polar surface area (TPSA) is 107 Å². The fourth-order valence-electron chi connectivity index (χ4n) is 3.02. The van der Waals surface area contributed by atoms with Crippen LogP contribution in [0.25, 0.3) is 0 Å². The van der Waals surface area contributed by atoms with Gasteiger partial charge in [-0.1, -0.05) is 0 Å². The van der Waals surface area contributed by atoms with Crippen molar-refractivity contribution in [2.75, 3.05) is 23.8 Å². The van der Waals surface area contributed by atoms with Gasteiger partial charge in [0.1, 0.15) is 11.6 Å². The Kier molecular flexibility index (Phi) is 7.56. The molecule has 1 saturated heterocycles. The number of amides is 2. The van der Waals surface area contributed by atoms with E-state index in [1.165, 1.54) is 30.5 Å². The molecule has 152 valence electrons. The van der Waals surface area contributed by atoms with Crippen molar-refractivity contribution in [2.24, 2.45) is 11.7 Å². The van der Waals surface area contributed by atoms with Gasteiger partial charge in [0.15, 0.2) is 0 Å². The highest BCUT2D eigenvalue weighted by molar-refractivity contribution is 6.05. The molecule has 0 radical (unpaired) electrons. The highest BCUT2D eigenvalue weighted by atomic mass is 35.5. The molecule has 1 atom stereocenters. The van der Waals surface area contributed by atoms with Crippen LogP contribution >= 0.6 is 12.4 Å². The maximum atomic E-state index is 14.1. The number of benzene rings is 1. The highest BCUT2D eigenvalue weighted by Crippen LogP contribution is 2.23. The van der Waals surface area contributed by atoms with Gasteiger partial charge in [0, 0.05) is 18.9 Å². The molecule has 1 aliphatic rings. The molecule has 1 fully saturated rings. The van der Waals surface area contributed by atoms with Gasteiger partial charge >= 0.3 is 0 Å². The molecule has 28 heavy (non-hydrogen) atoms. The van der Waals surface area contributed by atoms with Crippen LogP contribution in [0.1, 0.15) is 29.0 Å². The number of aryl methyl sites for hydroxylation is 1. The van der Waals surface area contributed by atoms with Gasteiger partial charge < -0.3 is 25.5 Å². The lowest BCUT2D eigenvalue weighted by atomic mass is 9.92. The van der Waals surface area contributed by atoms with Gasteiger partial charge in [0.25, 0.3) is 5.91 Å². The largest absolute Gasteiger partial charge is 0.469 e. The minimum atomic E-state index is -0.675. The molecular weight excluding hydrogens is 389 g/mol. The van der Waals surface area contributed by atoms with Crippen molar-refractivity contribution in [1.82, 2.24) is 0 Å². The van der Waals surface area contributed by atoms with Crippen LogP contribution in [0.3, 0.4) is 0 Å². The van der Waals surface area contributed by atoms with Crippen molar-refractivity contribution in [2.45, 2.75) is 25.8 Å². The van der Waals surface area contributed by atoms with Crippen molar-refractivity contribution in [3.8, 4) is 0 Å². The number of carbonyl (C=O) groups is 2. The van der Waals surface area contributed by atoms with Gasteiger partial charge in [0.2, 0.25) is 5.91 Å². The Balaban J connectivity index is 0.00000280. The van der Waals surface area contributed by atoms with Crippen molar-refractivity contribution in [3.63, 3.8) is 0 Å². The molecule has 4 N–H and O–H groups in total. The van der Waals surface area contributed by atoms with Crippen LogP contribution in [0.2, 0.25) is 0 Å². The monoisotopic (exact) mass is 411 g/mol. The first-order chi connectivity index (χ1) is 13.0. The van der Waals surface area contributed by atoms with Gasteiger partial charge in [-0.05, 0) is 49.9 Å². The SMILES string of the molecule is Cc1occc1C(=O)Nc1cc(NC(=O)C(N)C2CCOCC2)ccc1F.Cl. The molecule has 0 bridgehead atoms. The number of hydrogen-bond donors (Lipinski definition) is 3. The third-order valence-corrected chi connectivity index (χ3v) is 4.66. The Morgan fingerprint density at radius 3 is 2.57 bits per heavy atom. The van der Waals surface area contributed by atoms with Crippen LogP contribution in [0, 0.1) is 18.7 Å². The second-order valence-electron chi connectivity index (χ2n) is 6.50. The summed E-state index contributed by atoms with van der Waals surface area (Å²) in [5.74, 6) is -0.988. The normalized spacial score (nSPS) is 15.4. The molecule has 2 aromatic rings. The summed E-state index contributed by atoms with van der Waals surface area (Å²) in [5, 5.41) is 5.17. The summed E-state index contributed by atoms with van der Waals surface area (Å²) < 4.78 is 24.4. The molecule has 2 amide bonds.